The Morgan fingerprint density at radius 1 is 0.964 bits per heavy atom. The number of methoxy groups -OCH3 is 1. The molecule has 3 saturated carbocycles. The van der Waals surface area contributed by atoms with Crippen molar-refractivity contribution >= 4 is 5.57 Å². The van der Waals surface area contributed by atoms with Crippen molar-refractivity contribution in [1.82, 2.24) is 0 Å². The SMILES string of the molecule is COc1ccc(C2=CC[C@H]3[C@@H]4CC[C@H]5C[C@@H](O)CC[C@]5(C)[C@H]4CC[C@]23C)cc1. The maximum atomic E-state index is 10.2. The minimum atomic E-state index is -0.0432. The van der Waals surface area contributed by atoms with Crippen LogP contribution in [-0.2, 0) is 0 Å². The van der Waals surface area contributed by atoms with Crippen molar-refractivity contribution in [2.24, 2.45) is 34.5 Å². The lowest BCUT2D eigenvalue weighted by Crippen LogP contribution is -2.53. The molecule has 7 atom stereocenters. The topological polar surface area (TPSA) is 29.5 Å². The van der Waals surface area contributed by atoms with Gasteiger partial charge < -0.3 is 9.84 Å². The van der Waals surface area contributed by atoms with Gasteiger partial charge in [0.15, 0.2) is 0 Å². The number of benzene rings is 1. The highest BCUT2D eigenvalue weighted by molar-refractivity contribution is 5.73. The van der Waals surface area contributed by atoms with Gasteiger partial charge in [0, 0.05) is 0 Å². The van der Waals surface area contributed by atoms with Crippen LogP contribution in [0.1, 0.15) is 70.8 Å². The summed E-state index contributed by atoms with van der Waals surface area (Å²) in [5.41, 5.74) is 3.77. The normalized spacial score (nSPS) is 44.9. The van der Waals surface area contributed by atoms with E-state index in [4.69, 9.17) is 4.74 Å². The van der Waals surface area contributed by atoms with Crippen LogP contribution in [0.25, 0.3) is 5.57 Å². The molecule has 0 spiro atoms. The number of rotatable bonds is 2. The van der Waals surface area contributed by atoms with E-state index in [2.05, 4.69) is 44.2 Å². The molecule has 0 aliphatic heterocycles. The molecule has 1 aromatic carbocycles. The number of allylic oxidation sites excluding steroid dienone is 2. The predicted octanol–water partition coefficient (Wildman–Crippen LogP) is 6.09. The van der Waals surface area contributed by atoms with Gasteiger partial charge in [-0.3, -0.25) is 0 Å². The fourth-order valence-corrected chi connectivity index (χ4v) is 8.02. The Hall–Kier alpha value is -1.28. The van der Waals surface area contributed by atoms with Crippen LogP contribution >= 0.6 is 0 Å². The van der Waals surface area contributed by atoms with Gasteiger partial charge in [-0.2, -0.15) is 0 Å². The summed E-state index contributed by atoms with van der Waals surface area (Å²) in [7, 11) is 1.74. The fraction of sp³-hybridized carbons (Fsp3) is 0.692. The lowest BCUT2D eigenvalue weighted by molar-refractivity contribution is -0.115. The van der Waals surface area contributed by atoms with Crippen molar-refractivity contribution in [2.75, 3.05) is 7.11 Å². The zero-order valence-electron chi connectivity index (χ0n) is 17.8. The summed E-state index contributed by atoms with van der Waals surface area (Å²) >= 11 is 0. The number of ether oxygens (including phenoxy) is 1. The first-order valence-electron chi connectivity index (χ1n) is 11.5. The molecule has 152 valence electrons. The van der Waals surface area contributed by atoms with Crippen LogP contribution in [0.4, 0.5) is 0 Å². The lowest BCUT2D eigenvalue weighted by Gasteiger charge is -2.60. The quantitative estimate of drug-likeness (QED) is 0.672. The molecule has 28 heavy (non-hydrogen) atoms. The molecule has 1 aromatic rings. The van der Waals surface area contributed by atoms with Gasteiger partial charge >= 0.3 is 0 Å². The van der Waals surface area contributed by atoms with Crippen LogP contribution in [0.3, 0.4) is 0 Å². The van der Waals surface area contributed by atoms with Crippen LogP contribution in [0.5, 0.6) is 5.75 Å². The molecule has 2 heteroatoms. The zero-order valence-corrected chi connectivity index (χ0v) is 17.8. The first-order chi connectivity index (χ1) is 13.5. The van der Waals surface area contributed by atoms with Gasteiger partial charge in [-0.15, -0.1) is 0 Å². The van der Waals surface area contributed by atoms with Crippen molar-refractivity contribution < 1.29 is 9.84 Å². The summed E-state index contributed by atoms with van der Waals surface area (Å²) in [5.74, 6) is 4.21. The number of hydrogen-bond acceptors (Lipinski definition) is 2. The smallest absolute Gasteiger partial charge is 0.118 e. The van der Waals surface area contributed by atoms with Gasteiger partial charge in [-0.25, -0.2) is 0 Å². The Morgan fingerprint density at radius 2 is 1.75 bits per heavy atom. The van der Waals surface area contributed by atoms with E-state index in [-0.39, 0.29) is 6.10 Å². The summed E-state index contributed by atoms with van der Waals surface area (Å²) in [4.78, 5) is 0. The predicted molar refractivity (Wildman–Crippen MR) is 114 cm³/mol. The summed E-state index contributed by atoms with van der Waals surface area (Å²) in [6.45, 7) is 5.13. The maximum absolute atomic E-state index is 10.2. The highest BCUT2D eigenvalue weighted by atomic mass is 16.5. The molecule has 3 fully saturated rings. The molecule has 2 nitrogen and oxygen atoms in total. The minimum Gasteiger partial charge on any atom is -0.497 e. The summed E-state index contributed by atoms with van der Waals surface area (Å²) in [6.07, 6.45) is 12.5. The van der Waals surface area contributed by atoms with E-state index in [0.29, 0.717) is 10.8 Å². The van der Waals surface area contributed by atoms with E-state index in [0.717, 1.165) is 42.3 Å². The minimum absolute atomic E-state index is 0.0432. The first-order valence-corrected chi connectivity index (χ1v) is 11.5. The molecule has 0 radical (unpaired) electrons. The molecular formula is C26H36O2. The number of aliphatic hydroxyl groups is 1. The Kier molecular flexibility index (Phi) is 4.43. The summed E-state index contributed by atoms with van der Waals surface area (Å²) in [6, 6.07) is 8.73. The van der Waals surface area contributed by atoms with Gasteiger partial charge in [0.05, 0.1) is 13.2 Å². The van der Waals surface area contributed by atoms with Gasteiger partial charge in [0.2, 0.25) is 0 Å². The Balaban J connectivity index is 1.41. The van der Waals surface area contributed by atoms with Gasteiger partial charge in [-0.05, 0) is 109 Å². The van der Waals surface area contributed by atoms with Crippen molar-refractivity contribution in [3.05, 3.63) is 35.9 Å². The Labute approximate surface area is 170 Å². The third-order valence-corrected chi connectivity index (χ3v) is 9.62. The van der Waals surface area contributed by atoms with Crippen LogP contribution < -0.4 is 4.74 Å². The van der Waals surface area contributed by atoms with E-state index in [1.165, 1.54) is 44.1 Å². The Bertz CT molecular complexity index is 765. The highest BCUT2D eigenvalue weighted by Gasteiger charge is 2.58. The number of aliphatic hydroxyl groups excluding tert-OH is 1. The molecule has 4 aliphatic carbocycles. The van der Waals surface area contributed by atoms with Crippen molar-refractivity contribution in [3.63, 3.8) is 0 Å². The zero-order chi connectivity index (χ0) is 19.5. The number of hydrogen-bond donors (Lipinski definition) is 1. The molecule has 0 amide bonds. The van der Waals surface area contributed by atoms with E-state index >= 15 is 0 Å². The van der Waals surface area contributed by atoms with Crippen LogP contribution in [0.2, 0.25) is 0 Å². The molecule has 4 aliphatic rings. The molecule has 0 unspecified atom stereocenters. The second kappa shape index (κ2) is 6.62. The highest BCUT2D eigenvalue weighted by Crippen LogP contribution is 2.67. The molecule has 0 heterocycles. The standard InChI is InChI=1S/C26H36O2/c1-25-14-12-19(27)16-18(25)6-9-21-23-11-10-22(26(23,2)15-13-24(21)25)17-4-7-20(28-3)8-5-17/h4-5,7-8,10,18-19,21,23-24,27H,6,9,11-16H2,1-3H3/t18-,19-,21-,23-,24-,25-,26+/m0/s1. The van der Waals surface area contributed by atoms with Crippen molar-refractivity contribution in [2.45, 2.75) is 71.3 Å². The van der Waals surface area contributed by atoms with E-state index in [1.54, 1.807) is 12.7 Å². The maximum Gasteiger partial charge on any atom is 0.118 e. The second-order valence-corrected chi connectivity index (χ2v) is 10.6. The average molecular weight is 381 g/mol. The van der Waals surface area contributed by atoms with Crippen molar-refractivity contribution in [1.29, 1.82) is 0 Å². The molecular weight excluding hydrogens is 344 g/mol. The average Bonchev–Trinajstić information content (AvgIpc) is 3.06. The first kappa shape index (κ1) is 18.7. The second-order valence-electron chi connectivity index (χ2n) is 10.6. The van der Waals surface area contributed by atoms with Crippen molar-refractivity contribution in [3.8, 4) is 5.75 Å². The van der Waals surface area contributed by atoms with Gasteiger partial charge in [-0.1, -0.05) is 32.1 Å². The summed E-state index contributed by atoms with van der Waals surface area (Å²) in [5, 5.41) is 10.2. The molecule has 1 N–H and O–H groups in total. The lowest BCUT2D eigenvalue weighted by atomic mass is 9.44. The molecule has 5 rings (SSSR count). The summed E-state index contributed by atoms with van der Waals surface area (Å²) < 4.78 is 5.37. The van der Waals surface area contributed by atoms with Crippen LogP contribution in [-0.4, -0.2) is 18.3 Å². The van der Waals surface area contributed by atoms with Gasteiger partial charge in [0.25, 0.3) is 0 Å². The van der Waals surface area contributed by atoms with Gasteiger partial charge in [0.1, 0.15) is 5.75 Å². The largest absolute Gasteiger partial charge is 0.497 e. The molecule has 0 aromatic heterocycles. The van der Waals surface area contributed by atoms with E-state index < -0.39 is 0 Å². The third kappa shape index (κ3) is 2.63. The van der Waals surface area contributed by atoms with Crippen LogP contribution in [0, 0.1) is 34.5 Å². The van der Waals surface area contributed by atoms with Crippen LogP contribution in [0.15, 0.2) is 30.3 Å². The van der Waals surface area contributed by atoms with E-state index in [9.17, 15) is 5.11 Å². The van der Waals surface area contributed by atoms with E-state index in [1.807, 2.05) is 0 Å². The Morgan fingerprint density at radius 3 is 2.50 bits per heavy atom. The molecule has 0 bridgehead atoms. The fourth-order valence-electron chi connectivity index (χ4n) is 8.02. The number of fused-ring (bicyclic) bond motifs is 5. The third-order valence-electron chi connectivity index (χ3n) is 9.62. The molecule has 0 saturated heterocycles. The monoisotopic (exact) mass is 380 g/mol.